The third-order valence-electron chi connectivity index (χ3n) is 2.83. The number of hydrogen-bond acceptors (Lipinski definition) is 2. The van der Waals surface area contributed by atoms with E-state index in [1.54, 1.807) is 6.08 Å². The molecule has 100 valence electrons. The summed E-state index contributed by atoms with van der Waals surface area (Å²) in [4.78, 5) is 0. The van der Waals surface area contributed by atoms with Gasteiger partial charge in [0.15, 0.2) is 0 Å². The van der Waals surface area contributed by atoms with Gasteiger partial charge in [-0.15, -0.1) is 5.73 Å². The second kappa shape index (κ2) is 6.58. The zero-order valence-corrected chi connectivity index (χ0v) is 12.4. The molecule has 0 bridgehead atoms. The van der Waals surface area contributed by atoms with Crippen LogP contribution in [0.3, 0.4) is 0 Å². The van der Waals surface area contributed by atoms with Gasteiger partial charge in [-0.2, -0.15) is 10.5 Å². The van der Waals surface area contributed by atoms with Crippen molar-refractivity contribution in [1.82, 2.24) is 0 Å². The molecule has 20 heavy (non-hydrogen) atoms. The first-order valence-corrected chi connectivity index (χ1v) is 6.44. The molecule has 0 heterocycles. The van der Waals surface area contributed by atoms with Crippen molar-refractivity contribution in [1.29, 1.82) is 10.5 Å². The maximum absolute atomic E-state index is 8.95. The van der Waals surface area contributed by atoms with Crippen LogP contribution in [0.2, 0.25) is 0 Å². The van der Waals surface area contributed by atoms with Gasteiger partial charge < -0.3 is 0 Å². The van der Waals surface area contributed by atoms with Crippen molar-refractivity contribution in [3.63, 3.8) is 0 Å². The molecule has 1 aromatic carbocycles. The lowest BCUT2D eigenvalue weighted by Crippen LogP contribution is -2.11. The van der Waals surface area contributed by atoms with Crippen LogP contribution in [0.15, 0.2) is 53.3 Å². The van der Waals surface area contributed by atoms with Crippen molar-refractivity contribution < 1.29 is 0 Å². The fourth-order valence-corrected chi connectivity index (χ4v) is 1.98. The van der Waals surface area contributed by atoms with Crippen molar-refractivity contribution in [3.05, 3.63) is 58.8 Å². The molecule has 0 aliphatic carbocycles. The summed E-state index contributed by atoms with van der Waals surface area (Å²) in [6.45, 7) is 7.94. The van der Waals surface area contributed by atoms with Gasteiger partial charge in [0.05, 0.1) is 0 Å². The summed E-state index contributed by atoms with van der Waals surface area (Å²) >= 11 is 0. The largest absolute Gasteiger partial charge is 0.192 e. The van der Waals surface area contributed by atoms with Gasteiger partial charge in [-0.05, 0) is 31.1 Å². The smallest absolute Gasteiger partial charge is 0.126 e. The van der Waals surface area contributed by atoms with Gasteiger partial charge in [0.25, 0.3) is 0 Å². The fourth-order valence-electron chi connectivity index (χ4n) is 1.98. The lowest BCUT2D eigenvalue weighted by atomic mass is 9.79. The molecule has 0 saturated carbocycles. The summed E-state index contributed by atoms with van der Waals surface area (Å²) in [6.07, 6.45) is 1.70. The predicted octanol–water partition coefficient (Wildman–Crippen LogP) is 4.63. The van der Waals surface area contributed by atoms with E-state index in [2.05, 4.69) is 5.73 Å². The van der Waals surface area contributed by atoms with Gasteiger partial charge in [-0.3, -0.25) is 0 Å². The van der Waals surface area contributed by atoms with Gasteiger partial charge in [-0.1, -0.05) is 44.2 Å². The Morgan fingerprint density at radius 3 is 2.05 bits per heavy atom. The maximum atomic E-state index is 8.95. The molecule has 0 saturated heterocycles. The summed E-state index contributed by atoms with van der Waals surface area (Å²) in [6, 6.07) is 13.8. The first kappa shape index (κ1) is 15.5. The Morgan fingerprint density at radius 1 is 1.05 bits per heavy atom. The van der Waals surface area contributed by atoms with Crippen LogP contribution >= 0.6 is 0 Å². The molecule has 0 fully saturated rings. The van der Waals surface area contributed by atoms with Crippen LogP contribution in [-0.4, -0.2) is 0 Å². The topological polar surface area (TPSA) is 47.6 Å². The third kappa shape index (κ3) is 3.99. The van der Waals surface area contributed by atoms with Crippen molar-refractivity contribution in [2.75, 3.05) is 0 Å². The zero-order chi connectivity index (χ0) is 15.2. The van der Waals surface area contributed by atoms with Crippen LogP contribution < -0.4 is 0 Å². The molecule has 0 spiro atoms. The van der Waals surface area contributed by atoms with E-state index < -0.39 is 5.41 Å². The Balaban J connectivity index is 3.51. The number of allylic oxidation sites excluding steroid dienone is 3. The molecule has 0 N–H and O–H groups in total. The van der Waals surface area contributed by atoms with Crippen molar-refractivity contribution in [2.24, 2.45) is 5.41 Å². The zero-order valence-electron chi connectivity index (χ0n) is 12.4. The Labute approximate surface area is 121 Å². The van der Waals surface area contributed by atoms with Crippen LogP contribution in [0.4, 0.5) is 0 Å². The van der Waals surface area contributed by atoms with Crippen LogP contribution in [0.25, 0.3) is 5.57 Å². The highest BCUT2D eigenvalue weighted by atomic mass is 14.3. The monoisotopic (exact) mass is 262 g/mol. The molecule has 0 unspecified atom stereocenters. The van der Waals surface area contributed by atoms with Crippen LogP contribution in [0.1, 0.15) is 33.3 Å². The number of benzene rings is 1. The van der Waals surface area contributed by atoms with E-state index in [9.17, 15) is 0 Å². The Kier molecular flexibility index (Phi) is 5.10. The Hall–Kier alpha value is -2.54. The van der Waals surface area contributed by atoms with E-state index in [0.717, 1.165) is 16.7 Å². The number of nitriles is 2. The minimum Gasteiger partial charge on any atom is -0.192 e. The number of rotatable bonds is 3. The van der Waals surface area contributed by atoms with E-state index in [0.29, 0.717) is 0 Å². The normalized spacial score (nSPS) is 9.70. The lowest BCUT2D eigenvalue weighted by molar-refractivity contribution is 0.648. The van der Waals surface area contributed by atoms with Crippen molar-refractivity contribution in [2.45, 2.75) is 27.7 Å². The van der Waals surface area contributed by atoms with E-state index in [-0.39, 0.29) is 5.57 Å². The minimum absolute atomic E-state index is 0.124. The molecule has 1 aromatic rings. The van der Waals surface area contributed by atoms with Crippen molar-refractivity contribution >= 4 is 5.57 Å². The van der Waals surface area contributed by atoms with Crippen molar-refractivity contribution in [3.8, 4) is 12.1 Å². The molecule has 1 rings (SSSR count). The van der Waals surface area contributed by atoms with Gasteiger partial charge in [-0.25, -0.2) is 0 Å². The highest BCUT2D eigenvalue weighted by molar-refractivity contribution is 5.72. The molecular formula is C18H18N2. The molecule has 0 aliphatic heterocycles. The van der Waals surface area contributed by atoms with E-state index in [1.807, 2.05) is 70.2 Å². The summed E-state index contributed by atoms with van der Waals surface area (Å²) in [5, 5.41) is 17.9. The van der Waals surface area contributed by atoms with Gasteiger partial charge >= 0.3 is 0 Å². The highest BCUT2D eigenvalue weighted by Gasteiger charge is 2.23. The average molecular weight is 262 g/mol. The SMILES string of the molecule is CC(C)=C=C(c1ccccc1)C(C)(C)C=C(C#N)C#N. The maximum Gasteiger partial charge on any atom is 0.126 e. The quantitative estimate of drug-likeness (QED) is 0.588. The second-order valence-electron chi connectivity index (χ2n) is 5.37. The summed E-state index contributed by atoms with van der Waals surface area (Å²) in [5.74, 6) is 0. The first-order chi connectivity index (χ1) is 9.40. The average Bonchev–Trinajstić information content (AvgIpc) is 2.42. The molecule has 0 amide bonds. The Bertz CT molecular complexity index is 636. The Morgan fingerprint density at radius 2 is 1.60 bits per heavy atom. The van der Waals surface area contributed by atoms with Gasteiger partial charge in [0.1, 0.15) is 17.7 Å². The molecule has 0 atom stereocenters. The molecule has 2 nitrogen and oxygen atoms in total. The minimum atomic E-state index is -0.445. The third-order valence-corrected chi connectivity index (χ3v) is 2.83. The van der Waals surface area contributed by atoms with E-state index in [1.165, 1.54) is 0 Å². The molecule has 0 aliphatic rings. The van der Waals surface area contributed by atoms with Crippen LogP contribution in [0, 0.1) is 28.1 Å². The fraction of sp³-hybridized carbons (Fsp3) is 0.278. The standard InChI is InChI=1S/C18H18N2/c1-14(2)10-17(16-8-6-5-7-9-16)18(3,4)11-15(12-19)13-20/h5-9,11H,1-4H3. The second-order valence-corrected chi connectivity index (χ2v) is 5.37. The summed E-state index contributed by atoms with van der Waals surface area (Å²) in [7, 11) is 0. The highest BCUT2D eigenvalue weighted by Crippen LogP contribution is 2.36. The van der Waals surface area contributed by atoms with Crippen LogP contribution in [0.5, 0.6) is 0 Å². The van der Waals surface area contributed by atoms with Crippen LogP contribution in [-0.2, 0) is 0 Å². The molecule has 0 aromatic heterocycles. The predicted molar refractivity (Wildman–Crippen MR) is 81.3 cm³/mol. The molecular weight excluding hydrogens is 244 g/mol. The molecule has 0 radical (unpaired) electrons. The first-order valence-electron chi connectivity index (χ1n) is 6.44. The summed E-state index contributed by atoms with van der Waals surface area (Å²) < 4.78 is 0. The van der Waals surface area contributed by atoms with Gasteiger partial charge in [0, 0.05) is 11.0 Å². The summed E-state index contributed by atoms with van der Waals surface area (Å²) in [5.41, 5.74) is 6.11. The van der Waals surface area contributed by atoms with E-state index >= 15 is 0 Å². The lowest BCUT2D eigenvalue weighted by Gasteiger charge is -2.23. The van der Waals surface area contributed by atoms with E-state index in [4.69, 9.17) is 10.5 Å². The molecule has 2 heteroatoms. The van der Waals surface area contributed by atoms with Gasteiger partial charge in [0.2, 0.25) is 0 Å². The number of hydrogen-bond donors (Lipinski definition) is 0. The number of nitrogens with zero attached hydrogens (tertiary/aromatic N) is 2.